The van der Waals surface area contributed by atoms with E-state index in [1.807, 2.05) is 0 Å². The first kappa shape index (κ1) is 8.97. The van der Waals surface area contributed by atoms with Crippen LogP contribution < -0.4 is 0 Å². The van der Waals surface area contributed by atoms with Gasteiger partial charge < -0.3 is 4.74 Å². The minimum Gasteiger partial charge on any atom is -0.350 e. The average molecular weight is 185 g/mol. The van der Waals surface area contributed by atoms with E-state index in [9.17, 15) is 4.79 Å². The second kappa shape index (κ2) is 4.07. The number of carbonyl (C=O) groups is 1. The molecule has 2 fully saturated rings. The molecule has 0 aromatic rings. The Morgan fingerprint density at radius 3 is 2.92 bits per heavy atom. The summed E-state index contributed by atoms with van der Waals surface area (Å²) >= 11 is 0. The predicted octanol–water partition coefficient (Wildman–Crippen LogP) is 1.07. The third-order valence-electron chi connectivity index (χ3n) is 2.41. The van der Waals surface area contributed by atoms with Crippen molar-refractivity contribution in [2.24, 2.45) is 0 Å². The number of nitrogens with zero attached hydrogens (tertiary/aromatic N) is 1. The lowest BCUT2D eigenvalue weighted by molar-refractivity contribution is -0.274. The van der Waals surface area contributed by atoms with E-state index in [0.717, 1.165) is 38.8 Å². The van der Waals surface area contributed by atoms with E-state index in [1.54, 1.807) is 0 Å². The standard InChI is InChI=1S/C9H15NO3/c11-8-4-3-6-10(8)13-9-5-1-2-7-12-9/h9H,1-7H2. The fourth-order valence-corrected chi connectivity index (χ4v) is 1.67. The van der Waals surface area contributed by atoms with Gasteiger partial charge in [0.15, 0.2) is 6.29 Å². The highest BCUT2D eigenvalue weighted by atomic mass is 16.8. The van der Waals surface area contributed by atoms with E-state index < -0.39 is 0 Å². The summed E-state index contributed by atoms with van der Waals surface area (Å²) in [6.45, 7) is 1.48. The summed E-state index contributed by atoms with van der Waals surface area (Å²) in [5, 5.41) is 1.45. The van der Waals surface area contributed by atoms with Crippen molar-refractivity contribution in [3.63, 3.8) is 0 Å². The van der Waals surface area contributed by atoms with E-state index >= 15 is 0 Å². The quantitative estimate of drug-likeness (QED) is 0.646. The zero-order valence-corrected chi connectivity index (χ0v) is 7.70. The summed E-state index contributed by atoms with van der Waals surface area (Å²) in [4.78, 5) is 16.6. The predicted molar refractivity (Wildman–Crippen MR) is 45.6 cm³/mol. The van der Waals surface area contributed by atoms with E-state index in [-0.39, 0.29) is 12.2 Å². The molecule has 13 heavy (non-hydrogen) atoms. The molecule has 4 nitrogen and oxygen atoms in total. The van der Waals surface area contributed by atoms with Gasteiger partial charge >= 0.3 is 0 Å². The number of hydroxylamine groups is 2. The molecule has 1 unspecified atom stereocenters. The SMILES string of the molecule is O=C1CCCN1OC1CCCCO1. The third kappa shape index (κ3) is 2.19. The second-order valence-electron chi connectivity index (χ2n) is 3.50. The molecule has 0 aliphatic carbocycles. The minimum absolute atomic E-state index is 0.0918. The number of carbonyl (C=O) groups excluding carboxylic acids is 1. The maximum atomic E-state index is 11.2. The highest BCUT2D eigenvalue weighted by Crippen LogP contribution is 2.18. The van der Waals surface area contributed by atoms with Gasteiger partial charge in [-0.15, -0.1) is 0 Å². The number of hydrogen-bond acceptors (Lipinski definition) is 3. The molecule has 0 saturated carbocycles. The highest BCUT2D eigenvalue weighted by molar-refractivity contribution is 5.76. The van der Waals surface area contributed by atoms with Gasteiger partial charge in [0.25, 0.3) is 0 Å². The third-order valence-corrected chi connectivity index (χ3v) is 2.41. The highest BCUT2D eigenvalue weighted by Gasteiger charge is 2.25. The maximum Gasteiger partial charge on any atom is 0.246 e. The fraction of sp³-hybridized carbons (Fsp3) is 0.889. The molecule has 2 aliphatic rings. The Kier molecular flexibility index (Phi) is 2.80. The van der Waals surface area contributed by atoms with Crippen LogP contribution in [-0.2, 0) is 14.4 Å². The van der Waals surface area contributed by atoms with Gasteiger partial charge in [-0.3, -0.25) is 4.79 Å². The molecule has 74 valence electrons. The second-order valence-corrected chi connectivity index (χ2v) is 3.50. The first-order valence-corrected chi connectivity index (χ1v) is 4.95. The van der Waals surface area contributed by atoms with Crippen molar-refractivity contribution in [3.05, 3.63) is 0 Å². The van der Waals surface area contributed by atoms with Crippen LogP contribution in [0.3, 0.4) is 0 Å². The molecule has 1 atom stereocenters. The molecule has 2 rings (SSSR count). The molecule has 4 heteroatoms. The molecule has 0 spiro atoms. The largest absolute Gasteiger partial charge is 0.350 e. The number of rotatable bonds is 2. The molecule has 0 N–H and O–H groups in total. The Hall–Kier alpha value is -0.610. The lowest BCUT2D eigenvalue weighted by Gasteiger charge is -2.26. The van der Waals surface area contributed by atoms with Crippen molar-refractivity contribution in [3.8, 4) is 0 Å². The Morgan fingerprint density at radius 2 is 2.31 bits per heavy atom. The lowest BCUT2D eigenvalue weighted by Crippen LogP contribution is -2.34. The Balaban J connectivity index is 1.79. The van der Waals surface area contributed by atoms with Crippen LogP contribution in [0.5, 0.6) is 0 Å². The summed E-state index contributed by atoms with van der Waals surface area (Å²) < 4.78 is 5.37. The van der Waals surface area contributed by atoms with Gasteiger partial charge in [0.2, 0.25) is 5.91 Å². The van der Waals surface area contributed by atoms with Crippen molar-refractivity contribution < 1.29 is 14.4 Å². The van der Waals surface area contributed by atoms with Gasteiger partial charge in [-0.2, -0.15) is 0 Å². The summed E-state index contributed by atoms with van der Waals surface area (Å²) in [6.07, 6.45) is 4.48. The number of ether oxygens (including phenoxy) is 1. The van der Waals surface area contributed by atoms with Gasteiger partial charge in [-0.25, -0.2) is 9.90 Å². The molecule has 0 aromatic carbocycles. The van der Waals surface area contributed by atoms with E-state index in [0.29, 0.717) is 6.42 Å². The topological polar surface area (TPSA) is 38.8 Å². The normalized spacial score (nSPS) is 29.7. The average Bonchev–Trinajstić information content (AvgIpc) is 2.54. The first-order valence-electron chi connectivity index (χ1n) is 4.95. The summed E-state index contributed by atoms with van der Waals surface area (Å²) in [5.74, 6) is 0.0918. The smallest absolute Gasteiger partial charge is 0.246 e. The first-order chi connectivity index (χ1) is 6.36. The van der Waals surface area contributed by atoms with Crippen LogP contribution in [0.1, 0.15) is 32.1 Å². The molecular formula is C9H15NO3. The molecule has 2 saturated heterocycles. The minimum atomic E-state index is -0.184. The molecule has 2 aliphatic heterocycles. The van der Waals surface area contributed by atoms with Gasteiger partial charge in [0, 0.05) is 26.0 Å². The zero-order chi connectivity index (χ0) is 9.10. The van der Waals surface area contributed by atoms with E-state index in [4.69, 9.17) is 9.57 Å². The number of amides is 1. The van der Waals surface area contributed by atoms with Crippen molar-refractivity contribution >= 4 is 5.91 Å². The van der Waals surface area contributed by atoms with Gasteiger partial charge in [0.1, 0.15) is 0 Å². The van der Waals surface area contributed by atoms with Crippen LogP contribution in [0.25, 0.3) is 0 Å². The summed E-state index contributed by atoms with van der Waals surface area (Å²) in [5.41, 5.74) is 0. The Morgan fingerprint density at radius 1 is 1.38 bits per heavy atom. The molecule has 1 amide bonds. The zero-order valence-electron chi connectivity index (χ0n) is 7.70. The number of hydrogen-bond donors (Lipinski definition) is 0. The molecule has 2 heterocycles. The molecule has 0 radical (unpaired) electrons. The van der Waals surface area contributed by atoms with Crippen molar-refractivity contribution in [1.82, 2.24) is 5.06 Å². The maximum absolute atomic E-state index is 11.2. The van der Waals surface area contributed by atoms with Crippen LogP contribution in [0.15, 0.2) is 0 Å². The van der Waals surface area contributed by atoms with Gasteiger partial charge in [0.05, 0.1) is 0 Å². The van der Waals surface area contributed by atoms with E-state index in [1.165, 1.54) is 5.06 Å². The Labute approximate surface area is 77.7 Å². The summed E-state index contributed by atoms with van der Waals surface area (Å²) in [6, 6.07) is 0. The molecule has 0 bridgehead atoms. The summed E-state index contributed by atoms with van der Waals surface area (Å²) in [7, 11) is 0. The van der Waals surface area contributed by atoms with Crippen molar-refractivity contribution in [2.45, 2.75) is 38.4 Å². The van der Waals surface area contributed by atoms with Crippen LogP contribution in [0.4, 0.5) is 0 Å². The van der Waals surface area contributed by atoms with Crippen LogP contribution >= 0.6 is 0 Å². The van der Waals surface area contributed by atoms with E-state index in [2.05, 4.69) is 0 Å². The van der Waals surface area contributed by atoms with Gasteiger partial charge in [-0.1, -0.05) is 0 Å². The van der Waals surface area contributed by atoms with Crippen LogP contribution in [0.2, 0.25) is 0 Å². The monoisotopic (exact) mass is 185 g/mol. The van der Waals surface area contributed by atoms with Crippen molar-refractivity contribution in [1.29, 1.82) is 0 Å². The molecule has 0 aromatic heterocycles. The lowest BCUT2D eigenvalue weighted by atomic mass is 10.2. The van der Waals surface area contributed by atoms with Gasteiger partial charge in [-0.05, 0) is 19.3 Å². The van der Waals surface area contributed by atoms with Crippen LogP contribution in [-0.4, -0.2) is 30.4 Å². The Bertz CT molecular complexity index is 189. The van der Waals surface area contributed by atoms with Crippen molar-refractivity contribution in [2.75, 3.05) is 13.2 Å². The fourth-order valence-electron chi connectivity index (χ4n) is 1.67. The van der Waals surface area contributed by atoms with Crippen LogP contribution in [0, 0.1) is 0 Å². The molecular weight excluding hydrogens is 170 g/mol.